The van der Waals surface area contributed by atoms with Gasteiger partial charge in [0.2, 0.25) is 0 Å². The number of rotatable bonds is 7. The van der Waals surface area contributed by atoms with Crippen LogP contribution in [0.4, 0.5) is 0 Å². The zero-order valence-electron chi connectivity index (χ0n) is 12.4. The molecule has 0 aliphatic carbocycles. The average Bonchev–Trinajstić information content (AvgIpc) is 2.36. The molecular weight excluding hydrogens is 222 g/mol. The molecule has 0 heterocycles. The highest BCUT2D eigenvalue weighted by Crippen LogP contribution is 2.21. The first-order valence-corrected chi connectivity index (χ1v) is 7.04. The van der Waals surface area contributed by atoms with Crippen molar-refractivity contribution in [2.24, 2.45) is 0 Å². The second-order valence-corrected chi connectivity index (χ2v) is 5.05. The molecule has 0 aromatic heterocycles. The molecule has 1 rings (SSSR count). The Kier molecular flexibility index (Phi) is 6.20. The molecule has 1 N–H and O–H groups in total. The summed E-state index contributed by atoms with van der Waals surface area (Å²) in [5.41, 5.74) is 2.53. The third-order valence-corrected chi connectivity index (χ3v) is 3.56. The van der Waals surface area contributed by atoms with Gasteiger partial charge in [0.05, 0.1) is 0 Å². The van der Waals surface area contributed by atoms with Crippen LogP contribution >= 0.6 is 0 Å². The Hall–Kier alpha value is -1.02. The van der Waals surface area contributed by atoms with Gasteiger partial charge in [0, 0.05) is 12.6 Å². The zero-order chi connectivity index (χ0) is 13.5. The topological polar surface area (TPSA) is 21.3 Å². The van der Waals surface area contributed by atoms with Gasteiger partial charge in [0.1, 0.15) is 11.9 Å². The smallest absolute Gasteiger partial charge is 0.122 e. The summed E-state index contributed by atoms with van der Waals surface area (Å²) in [6, 6.07) is 6.83. The maximum Gasteiger partial charge on any atom is 0.122 e. The van der Waals surface area contributed by atoms with Crippen LogP contribution in [0.25, 0.3) is 0 Å². The molecule has 2 nitrogen and oxygen atoms in total. The lowest BCUT2D eigenvalue weighted by molar-refractivity contribution is 0.208. The molecule has 18 heavy (non-hydrogen) atoms. The van der Waals surface area contributed by atoms with Gasteiger partial charge in [-0.25, -0.2) is 0 Å². The monoisotopic (exact) mass is 249 g/mol. The largest absolute Gasteiger partial charge is 0.489 e. The highest BCUT2D eigenvalue weighted by Gasteiger charge is 2.09. The molecule has 1 unspecified atom stereocenters. The van der Waals surface area contributed by atoms with E-state index in [0.29, 0.717) is 6.04 Å². The Morgan fingerprint density at radius 3 is 2.44 bits per heavy atom. The van der Waals surface area contributed by atoms with Crippen molar-refractivity contribution in [3.63, 3.8) is 0 Å². The molecule has 0 fully saturated rings. The first-order chi connectivity index (χ1) is 8.58. The summed E-state index contributed by atoms with van der Waals surface area (Å²) in [6.45, 7) is 11.7. The maximum atomic E-state index is 6.00. The van der Waals surface area contributed by atoms with Crippen LogP contribution in [-0.4, -0.2) is 18.7 Å². The number of benzene rings is 1. The summed E-state index contributed by atoms with van der Waals surface area (Å²) >= 11 is 0. The minimum absolute atomic E-state index is 0.200. The van der Waals surface area contributed by atoms with Crippen molar-refractivity contribution in [3.8, 4) is 5.75 Å². The second kappa shape index (κ2) is 7.42. The van der Waals surface area contributed by atoms with Crippen LogP contribution in [0.2, 0.25) is 0 Å². The quantitative estimate of drug-likeness (QED) is 0.792. The predicted molar refractivity (Wildman–Crippen MR) is 78.4 cm³/mol. The van der Waals surface area contributed by atoms with E-state index in [1.165, 1.54) is 24.0 Å². The lowest BCUT2D eigenvalue weighted by Crippen LogP contribution is -2.36. The molecular formula is C16H27NO. The molecule has 102 valence electrons. The van der Waals surface area contributed by atoms with Crippen LogP contribution in [0.1, 0.15) is 44.7 Å². The predicted octanol–water partition coefficient (Wildman–Crippen LogP) is 3.85. The second-order valence-electron chi connectivity index (χ2n) is 5.05. The molecule has 0 bridgehead atoms. The molecule has 0 spiro atoms. The molecule has 2 heteroatoms. The van der Waals surface area contributed by atoms with Gasteiger partial charge in [-0.3, -0.25) is 0 Å². The van der Waals surface area contributed by atoms with Gasteiger partial charge in [-0.1, -0.05) is 26.0 Å². The van der Waals surface area contributed by atoms with Crippen molar-refractivity contribution < 1.29 is 4.74 Å². The molecule has 1 aromatic rings. The maximum absolute atomic E-state index is 6.00. The van der Waals surface area contributed by atoms with E-state index in [4.69, 9.17) is 4.74 Å². The molecule has 1 atom stereocenters. The fraction of sp³-hybridized carbons (Fsp3) is 0.625. The number of hydrogen-bond donors (Lipinski definition) is 1. The van der Waals surface area contributed by atoms with Crippen LogP contribution in [0.5, 0.6) is 5.75 Å². The van der Waals surface area contributed by atoms with Crippen molar-refractivity contribution >= 4 is 0 Å². The molecule has 0 aliphatic rings. The fourth-order valence-corrected chi connectivity index (χ4v) is 2.02. The molecule has 0 saturated heterocycles. The Bertz CT molecular complexity index is 358. The van der Waals surface area contributed by atoms with E-state index in [0.717, 1.165) is 12.3 Å². The summed E-state index contributed by atoms with van der Waals surface area (Å²) in [5.74, 6) is 1.01. The van der Waals surface area contributed by atoms with Gasteiger partial charge in [-0.15, -0.1) is 0 Å². The van der Waals surface area contributed by atoms with Crippen LogP contribution in [0, 0.1) is 13.8 Å². The van der Waals surface area contributed by atoms with Gasteiger partial charge in [-0.05, 0) is 50.8 Å². The third-order valence-electron chi connectivity index (χ3n) is 3.56. The first-order valence-electron chi connectivity index (χ1n) is 7.04. The van der Waals surface area contributed by atoms with E-state index in [-0.39, 0.29) is 6.10 Å². The van der Waals surface area contributed by atoms with Crippen LogP contribution in [0.3, 0.4) is 0 Å². The van der Waals surface area contributed by atoms with Crippen molar-refractivity contribution in [1.29, 1.82) is 0 Å². The van der Waals surface area contributed by atoms with E-state index < -0.39 is 0 Å². The summed E-state index contributed by atoms with van der Waals surface area (Å²) in [6.07, 6.45) is 2.55. The van der Waals surface area contributed by atoms with E-state index in [1.54, 1.807) is 0 Å². The number of ether oxygens (including phenoxy) is 1. The van der Waals surface area contributed by atoms with E-state index in [2.05, 4.69) is 58.1 Å². The highest BCUT2D eigenvalue weighted by molar-refractivity contribution is 5.38. The summed E-state index contributed by atoms with van der Waals surface area (Å²) < 4.78 is 6.00. The fourth-order valence-electron chi connectivity index (χ4n) is 2.02. The van der Waals surface area contributed by atoms with Gasteiger partial charge in [0.15, 0.2) is 0 Å². The summed E-state index contributed by atoms with van der Waals surface area (Å²) in [5, 5.41) is 3.55. The molecule has 0 radical (unpaired) electrons. The Labute approximate surface area is 112 Å². The zero-order valence-corrected chi connectivity index (χ0v) is 12.4. The Balaban J connectivity index is 2.49. The summed E-state index contributed by atoms with van der Waals surface area (Å²) in [7, 11) is 0. The van der Waals surface area contributed by atoms with Crippen molar-refractivity contribution in [2.75, 3.05) is 6.54 Å². The first kappa shape index (κ1) is 15.0. The molecule has 0 amide bonds. The van der Waals surface area contributed by atoms with Gasteiger partial charge < -0.3 is 10.1 Å². The van der Waals surface area contributed by atoms with Gasteiger partial charge in [-0.2, -0.15) is 0 Å². The number of nitrogens with one attached hydrogen (secondary N) is 1. The minimum Gasteiger partial charge on any atom is -0.489 e. The number of aryl methyl sites for hydroxylation is 1. The van der Waals surface area contributed by atoms with Gasteiger partial charge >= 0.3 is 0 Å². The highest BCUT2D eigenvalue weighted by atomic mass is 16.5. The lowest BCUT2D eigenvalue weighted by atomic mass is 10.1. The Morgan fingerprint density at radius 1 is 1.17 bits per heavy atom. The van der Waals surface area contributed by atoms with Crippen LogP contribution in [-0.2, 0) is 0 Å². The van der Waals surface area contributed by atoms with E-state index in [9.17, 15) is 0 Å². The van der Waals surface area contributed by atoms with Crippen molar-refractivity contribution in [1.82, 2.24) is 5.32 Å². The Morgan fingerprint density at radius 2 is 1.83 bits per heavy atom. The lowest BCUT2D eigenvalue weighted by Gasteiger charge is -2.21. The molecule has 1 aromatic carbocycles. The SMILES string of the molecule is CCC(CC)NCC(C)Oc1cccc(C)c1C. The normalized spacial score (nSPS) is 12.8. The van der Waals surface area contributed by atoms with E-state index in [1.807, 2.05) is 0 Å². The average molecular weight is 249 g/mol. The van der Waals surface area contributed by atoms with Gasteiger partial charge in [0.25, 0.3) is 0 Å². The minimum atomic E-state index is 0.200. The molecule has 0 saturated carbocycles. The third kappa shape index (κ3) is 4.34. The van der Waals surface area contributed by atoms with Crippen molar-refractivity contribution in [3.05, 3.63) is 29.3 Å². The molecule has 0 aliphatic heterocycles. The van der Waals surface area contributed by atoms with Crippen LogP contribution in [0.15, 0.2) is 18.2 Å². The summed E-state index contributed by atoms with van der Waals surface area (Å²) in [4.78, 5) is 0. The standard InChI is InChI=1S/C16H27NO/c1-6-15(7-2)17-11-13(4)18-16-10-8-9-12(3)14(16)5/h8-10,13,15,17H,6-7,11H2,1-5H3. The number of hydrogen-bond acceptors (Lipinski definition) is 2. The van der Waals surface area contributed by atoms with Crippen molar-refractivity contribution in [2.45, 2.75) is 59.6 Å². The van der Waals surface area contributed by atoms with Crippen LogP contribution < -0.4 is 10.1 Å². The van der Waals surface area contributed by atoms with E-state index >= 15 is 0 Å².